The number of carbonyl (C=O) groups is 2. The van der Waals surface area contributed by atoms with Crippen molar-refractivity contribution in [2.45, 2.75) is 69.5 Å². The second-order valence-corrected chi connectivity index (χ2v) is 7.58. The monoisotopic (exact) mass is 359 g/mol. The topological polar surface area (TPSA) is 64.1 Å². The van der Waals surface area contributed by atoms with Crippen LogP contribution in [0.4, 0.5) is 13.6 Å². The van der Waals surface area contributed by atoms with E-state index in [1.807, 2.05) is 4.90 Å². The third-order valence-electron chi connectivity index (χ3n) is 5.95. The third kappa shape index (κ3) is 3.88. The van der Waals surface area contributed by atoms with Gasteiger partial charge in [-0.1, -0.05) is 0 Å². The number of fused-ring (bicyclic) bond motifs is 1. The molecular weight excluding hydrogens is 332 g/mol. The van der Waals surface area contributed by atoms with Gasteiger partial charge in [-0.15, -0.1) is 0 Å². The van der Waals surface area contributed by atoms with E-state index >= 15 is 0 Å². The molecule has 0 unspecified atom stereocenters. The summed E-state index contributed by atoms with van der Waals surface area (Å²) in [5.74, 6) is -2.61. The van der Waals surface area contributed by atoms with Crippen molar-refractivity contribution in [2.75, 3.05) is 26.2 Å². The van der Waals surface area contributed by atoms with Crippen LogP contribution in [0.2, 0.25) is 0 Å². The Balaban J connectivity index is 1.48. The van der Waals surface area contributed by atoms with Gasteiger partial charge in [0, 0.05) is 44.6 Å². The van der Waals surface area contributed by atoms with E-state index in [2.05, 4.69) is 4.90 Å². The lowest BCUT2D eigenvalue weighted by atomic mass is 10.0. The quantitative estimate of drug-likeness (QED) is 0.836. The summed E-state index contributed by atoms with van der Waals surface area (Å²) in [5, 5.41) is 9.23. The summed E-state index contributed by atoms with van der Waals surface area (Å²) in [5.41, 5.74) is 0. The number of piperazine rings is 1. The maximum absolute atomic E-state index is 13.2. The highest BCUT2D eigenvalue weighted by atomic mass is 19.3. The number of rotatable bonds is 4. The van der Waals surface area contributed by atoms with Gasteiger partial charge in [-0.2, -0.15) is 0 Å². The first-order valence-corrected chi connectivity index (χ1v) is 9.20. The largest absolute Gasteiger partial charge is 0.465 e. The maximum Gasteiger partial charge on any atom is 0.408 e. The standard InChI is InChI=1S/C17H27F2N3O3/c1-12-15(23)22-13(4-5-14(22)11-21(12)16(24)25)3-2-8-20-9-6-17(18,19)7-10-20/h12-14H,2-11H2,1H3,(H,24,25)/t12-,13-,14-/m0/s1. The number of carbonyl (C=O) groups excluding carboxylic acids is 1. The first kappa shape index (κ1) is 18.4. The van der Waals surface area contributed by atoms with Crippen LogP contribution in [-0.4, -0.2) is 82.0 Å². The normalized spacial score (nSPS) is 32.8. The minimum Gasteiger partial charge on any atom is -0.465 e. The first-order valence-electron chi connectivity index (χ1n) is 9.20. The Morgan fingerprint density at radius 3 is 2.60 bits per heavy atom. The van der Waals surface area contributed by atoms with Crippen LogP contribution >= 0.6 is 0 Å². The Hall–Kier alpha value is -1.44. The molecule has 3 aliphatic rings. The Bertz CT molecular complexity index is 521. The number of hydrogen-bond donors (Lipinski definition) is 1. The average Bonchev–Trinajstić information content (AvgIpc) is 2.95. The summed E-state index contributed by atoms with van der Waals surface area (Å²) < 4.78 is 26.4. The number of hydrogen-bond acceptors (Lipinski definition) is 3. The van der Waals surface area contributed by atoms with Crippen LogP contribution in [0, 0.1) is 0 Å². The molecule has 2 amide bonds. The fraction of sp³-hybridized carbons (Fsp3) is 0.882. The first-order chi connectivity index (χ1) is 11.8. The van der Waals surface area contributed by atoms with Gasteiger partial charge in [-0.3, -0.25) is 9.69 Å². The smallest absolute Gasteiger partial charge is 0.408 e. The van der Waals surface area contributed by atoms with Gasteiger partial charge in [-0.05, 0) is 39.2 Å². The number of piperidine rings is 1. The fourth-order valence-corrected chi connectivity index (χ4v) is 4.42. The predicted molar refractivity (Wildman–Crippen MR) is 87.7 cm³/mol. The van der Waals surface area contributed by atoms with Crippen LogP contribution in [0.15, 0.2) is 0 Å². The van der Waals surface area contributed by atoms with Crippen LogP contribution in [-0.2, 0) is 4.79 Å². The lowest BCUT2D eigenvalue weighted by Crippen LogP contribution is -2.61. The summed E-state index contributed by atoms with van der Waals surface area (Å²) in [4.78, 5) is 29.1. The van der Waals surface area contributed by atoms with Crippen LogP contribution in [0.3, 0.4) is 0 Å². The summed E-state index contributed by atoms with van der Waals surface area (Å²) >= 11 is 0. The van der Waals surface area contributed by atoms with Gasteiger partial charge >= 0.3 is 6.09 Å². The second kappa shape index (κ2) is 7.05. The number of carboxylic acid groups (broad SMARTS) is 1. The molecule has 0 aliphatic carbocycles. The van der Waals surface area contributed by atoms with Crippen molar-refractivity contribution in [3.8, 4) is 0 Å². The van der Waals surface area contributed by atoms with E-state index in [1.165, 1.54) is 4.90 Å². The van der Waals surface area contributed by atoms with Gasteiger partial charge in [-0.25, -0.2) is 13.6 Å². The lowest BCUT2D eigenvalue weighted by molar-refractivity contribution is -0.144. The molecule has 3 atom stereocenters. The molecule has 3 rings (SSSR count). The number of alkyl halides is 2. The zero-order valence-electron chi connectivity index (χ0n) is 14.7. The van der Waals surface area contributed by atoms with Crippen LogP contribution in [0.5, 0.6) is 0 Å². The molecule has 3 fully saturated rings. The molecule has 142 valence electrons. The second-order valence-electron chi connectivity index (χ2n) is 7.58. The van der Waals surface area contributed by atoms with Crippen molar-refractivity contribution >= 4 is 12.0 Å². The van der Waals surface area contributed by atoms with Crippen molar-refractivity contribution in [1.29, 1.82) is 0 Å². The molecule has 8 heteroatoms. The fourth-order valence-electron chi connectivity index (χ4n) is 4.42. The van der Waals surface area contributed by atoms with Crippen LogP contribution < -0.4 is 0 Å². The molecule has 6 nitrogen and oxygen atoms in total. The Morgan fingerprint density at radius 1 is 1.28 bits per heavy atom. The molecule has 3 saturated heterocycles. The SMILES string of the molecule is C[C@H]1C(=O)N2[C@@H](CCCN3CCC(F)(F)CC3)CC[C@H]2CN1C(=O)O. The molecule has 0 radical (unpaired) electrons. The molecule has 3 aliphatic heterocycles. The minimum absolute atomic E-state index is 0.0153. The molecule has 0 aromatic heterocycles. The molecular formula is C17H27F2N3O3. The Labute approximate surface area is 146 Å². The van der Waals surface area contributed by atoms with E-state index in [1.54, 1.807) is 6.92 Å². The highest BCUT2D eigenvalue weighted by Crippen LogP contribution is 2.33. The van der Waals surface area contributed by atoms with Crippen molar-refractivity contribution < 1.29 is 23.5 Å². The molecule has 3 heterocycles. The minimum atomic E-state index is -2.51. The van der Waals surface area contributed by atoms with Gasteiger partial charge < -0.3 is 14.9 Å². The summed E-state index contributed by atoms with van der Waals surface area (Å²) in [6, 6.07) is -0.487. The van der Waals surface area contributed by atoms with E-state index in [9.17, 15) is 23.5 Å². The van der Waals surface area contributed by atoms with E-state index < -0.39 is 18.1 Å². The zero-order chi connectivity index (χ0) is 18.2. The lowest BCUT2D eigenvalue weighted by Gasteiger charge is -2.42. The van der Waals surface area contributed by atoms with Gasteiger partial charge in [0.1, 0.15) is 6.04 Å². The van der Waals surface area contributed by atoms with Gasteiger partial charge in [0.15, 0.2) is 0 Å². The molecule has 0 aromatic carbocycles. The van der Waals surface area contributed by atoms with Gasteiger partial charge in [0.25, 0.3) is 5.92 Å². The number of likely N-dealkylation sites (tertiary alicyclic amines) is 1. The van der Waals surface area contributed by atoms with Crippen LogP contribution in [0.1, 0.15) is 45.4 Å². The van der Waals surface area contributed by atoms with Crippen molar-refractivity contribution in [3.63, 3.8) is 0 Å². The molecule has 0 aromatic rings. The average molecular weight is 359 g/mol. The highest BCUT2D eigenvalue weighted by Gasteiger charge is 2.46. The summed E-state index contributed by atoms with van der Waals surface area (Å²) in [6.45, 7) is 3.70. The Kier molecular flexibility index (Phi) is 5.18. The van der Waals surface area contributed by atoms with Crippen molar-refractivity contribution in [2.24, 2.45) is 0 Å². The Morgan fingerprint density at radius 2 is 1.96 bits per heavy atom. The van der Waals surface area contributed by atoms with Gasteiger partial charge in [0.2, 0.25) is 5.91 Å². The van der Waals surface area contributed by atoms with E-state index in [0.717, 1.165) is 32.2 Å². The number of nitrogens with zero attached hydrogens (tertiary/aromatic N) is 3. The number of halogens is 2. The maximum atomic E-state index is 13.2. The van der Waals surface area contributed by atoms with E-state index in [0.29, 0.717) is 19.6 Å². The molecule has 0 spiro atoms. The molecule has 0 bridgehead atoms. The third-order valence-corrected chi connectivity index (χ3v) is 5.95. The predicted octanol–water partition coefficient (Wildman–Crippen LogP) is 2.24. The highest BCUT2D eigenvalue weighted by molar-refractivity contribution is 5.87. The van der Waals surface area contributed by atoms with E-state index in [4.69, 9.17) is 0 Å². The molecule has 25 heavy (non-hydrogen) atoms. The summed E-state index contributed by atoms with van der Waals surface area (Å²) in [7, 11) is 0. The van der Waals surface area contributed by atoms with Gasteiger partial charge in [0.05, 0.1) is 0 Å². The number of amides is 2. The molecule has 0 saturated carbocycles. The van der Waals surface area contributed by atoms with Crippen LogP contribution in [0.25, 0.3) is 0 Å². The van der Waals surface area contributed by atoms with Crippen molar-refractivity contribution in [3.05, 3.63) is 0 Å². The zero-order valence-corrected chi connectivity index (χ0v) is 14.7. The van der Waals surface area contributed by atoms with Crippen molar-refractivity contribution in [1.82, 2.24) is 14.7 Å². The molecule has 1 N–H and O–H groups in total. The summed E-state index contributed by atoms with van der Waals surface area (Å²) in [6.07, 6.45) is 2.30. The van der Waals surface area contributed by atoms with E-state index in [-0.39, 0.29) is 30.8 Å².